The molecule has 0 fully saturated rings. The zero-order chi connectivity index (χ0) is 12.8. The predicted octanol–water partition coefficient (Wildman–Crippen LogP) is 4.22. The highest BCUT2D eigenvalue weighted by Crippen LogP contribution is 2.23. The van der Waals surface area contributed by atoms with E-state index in [2.05, 4.69) is 34.8 Å². The zero-order valence-corrected chi connectivity index (χ0v) is 12.4. The molecule has 0 aliphatic rings. The van der Waals surface area contributed by atoms with Gasteiger partial charge in [-0.15, -0.1) is 11.6 Å². The number of hydrogen-bond donors (Lipinski definition) is 0. The molecule has 2 nitrogen and oxygen atoms in total. The Bertz CT molecular complexity index is 358. The third-order valence-corrected chi connectivity index (χ3v) is 3.37. The van der Waals surface area contributed by atoms with Gasteiger partial charge in [-0.2, -0.15) is 0 Å². The van der Waals surface area contributed by atoms with Gasteiger partial charge in [0.25, 0.3) is 0 Å². The Hall–Kier alpha value is -0.350. The summed E-state index contributed by atoms with van der Waals surface area (Å²) in [5.41, 5.74) is 0. The van der Waals surface area contributed by atoms with Gasteiger partial charge >= 0.3 is 0 Å². The molecule has 0 amide bonds. The number of pyridine rings is 1. The van der Waals surface area contributed by atoms with Crippen LogP contribution < -0.4 is 4.90 Å². The van der Waals surface area contributed by atoms with Crippen molar-refractivity contribution in [3.05, 3.63) is 22.6 Å². The Kier molecular flexibility index (Phi) is 6.20. The van der Waals surface area contributed by atoms with Gasteiger partial charge in [-0.05, 0) is 34.8 Å². The summed E-state index contributed by atoms with van der Waals surface area (Å²) in [5.74, 6) is 0.548. The van der Waals surface area contributed by atoms with Gasteiger partial charge in [0, 0.05) is 29.1 Å². The zero-order valence-electron chi connectivity index (χ0n) is 10.1. The van der Waals surface area contributed by atoms with Crippen molar-refractivity contribution in [1.29, 1.82) is 0 Å². The molecule has 0 unspecified atom stereocenters. The molecule has 1 rings (SSSR count). The van der Waals surface area contributed by atoms with Crippen LogP contribution in [0.25, 0.3) is 0 Å². The molecule has 0 radical (unpaired) electrons. The molecule has 17 heavy (non-hydrogen) atoms. The summed E-state index contributed by atoms with van der Waals surface area (Å²) in [6.07, 6.45) is 3.51. The fraction of sp³-hybridized carbons (Fsp3) is 0.583. The molecule has 0 saturated carbocycles. The Morgan fingerprint density at radius 3 is 2.59 bits per heavy atom. The minimum absolute atomic E-state index is 0.275. The second kappa shape index (κ2) is 7.17. The van der Waals surface area contributed by atoms with Gasteiger partial charge in [0.05, 0.1) is 0 Å². The number of aromatic nitrogens is 1. The van der Waals surface area contributed by atoms with Crippen molar-refractivity contribution in [3.8, 4) is 0 Å². The highest BCUT2D eigenvalue weighted by Gasteiger charge is 2.19. The Balaban J connectivity index is 3.03. The number of rotatable bonds is 6. The summed E-state index contributed by atoms with van der Waals surface area (Å²) in [6.45, 7) is 4.79. The highest BCUT2D eigenvalue weighted by atomic mass is 79.9. The smallest absolute Gasteiger partial charge is 0.166 e. The number of nitrogens with zero attached hydrogens (tertiary/aromatic N) is 2. The van der Waals surface area contributed by atoms with Gasteiger partial charge < -0.3 is 4.90 Å². The molecule has 0 aliphatic carbocycles. The molecule has 0 aliphatic heterocycles. The molecule has 0 bridgehead atoms. The van der Waals surface area contributed by atoms with Crippen molar-refractivity contribution in [1.82, 2.24) is 4.98 Å². The molecule has 5 heteroatoms. The first-order chi connectivity index (χ1) is 8.13. The van der Waals surface area contributed by atoms with Crippen molar-refractivity contribution in [2.24, 2.45) is 0 Å². The maximum atomic E-state index is 13.9. The molecule has 1 aromatic heterocycles. The van der Waals surface area contributed by atoms with Crippen LogP contribution in [0, 0.1) is 5.82 Å². The summed E-state index contributed by atoms with van der Waals surface area (Å²) < 4.78 is 14.5. The predicted molar refractivity (Wildman–Crippen MR) is 74.3 cm³/mol. The van der Waals surface area contributed by atoms with Gasteiger partial charge in [-0.25, -0.2) is 9.37 Å². The van der Waals surface area contributed by atoms with Crippen molar-refractivity contribution in [3.63, 3.8) is 0 Å². The largest absolute Gasteiger partial charge is 0.350 e. The fourth-order valence-electron chi connectivity index (χ4n) is 1.90. The normalized spacial score (nSPS) is 10.9. The van der Waals surface area contributed by atoms with Crippen LogP contribution in [0.2, 0.25) is 0 Å². The number of hydrogen-bond acceptors (Lipinski definition) is 2. The fourth-order valence-corrected chi connectivity index (χ4v) is 2.39. The monoisotopic (exact) mass is 322 g/mol. The van der Waals surface area contributed by atoms with E-state index in [1.165, 1.54) is 6.07 Å². The van der Waals surface area contributed by atoms with Crippen LogP contribution in [0.1, 0.15) is 26.7 Å². The first kappa shape index (κ1) is 14.7. The van der Waals surface area contributed by atoms with E-state index in [1.807, 2.05) is 4.90 Å². The van der Waals surface area contributed by atoms with E-state index in [0.29, 0.717) is 22.7 Å². The van der Waals surface area contributed by atoms with Crippen LogP contribution in [0.4, 0.5) is 10.2 Å². The Labute approximate surface area is 115 Å². The minimum Gasteiger partial charge on any atom is -0.350 e. The highest BCUT2D eigenvalue weighted by molar-refractivity contribution is 9.10. The first-order valence-corrected chi connectivity index (χ1v) is 7.10. The van der Waals surface area contributed by atoms with Crippen LogP contribution in [-0.4, -0.2) is 23.5 Å². The Morgan fingerprint density at radius 2 is 2.12 bits per heavy atom. The van der Waals surface area contributed by atoms with Crippen molar-refractivity contribution in [2.75, 3.05) is 17.3 Å². The lowest BCUT2D eigenvalue weighted by Gasteiger charge is -2.31. The van der Waals surface area contributed by atoms with E-state index in [1.54, 1.807) is 6.20 Å². The summed E-state index contributed by atoms with van der Waals surface area (Å²) in [6, 6.07) is 1.71. The molecule has 0 aromatic carbocycles. The van der Waals surface area contributed by atoms with Gasteiger partial charge in [0.1, 0.15) is 0 Å². The Morgan fingerprint density at radius 1 is 1.47 bits per heavy atom. The van der Waals surface area contributed by atoms with E-state index < -0.39 is 0 Å². The summed E-state index contributed by atoms with van der Waals surface area (Å²) in [4.78, 5) is 6.11. The first-order valence-electron chi connectivity index (χ1n) is 5.77. The summed E-state index contributed by atoms with van der Waals surface area (Å²) >= 11 is 9.00. The van der Waals surface area contributed by atoms with Crippen LogP contribution in [0.15, 0.2) is 16.7 Å². The molecular weight excluding hydrogens is 307 g/mol. The van der Waals surface area contributed by atoms with E-state index in [4.69, 9.17) is 11.6 Å². The van der Waals surface area contributed by atoms with Crippen LogP contribution >= 0.6 is 27.5 Å². The molecule has 0 spiro atoms. The average Bonchev–Trinajstić information content (AvgIpc) is 2.30. The average molecular weight is 324 g/mol. The molecule has 1 heterocycles. The second-order valence-electron chi connectivity index (χ2n) is 3.81. The quantitative estimate of drug-likeness (QED) is 0.729. The van der Waals surface area contributed by atoms with Gasteiger partial charge in [-0.3, -0.25) is 0 Å². The second-order valence-corrected chi connectivity index (χ2v) is 5.11. The maximum absolute atomic E-state index is 13.9. The lowest BCUT2D eigenvalue weighted by Crippen LogP contribution is -2.37. The third kappa shape index (κ3) is 3.81. The number of alkyl halides is 1. The van der Waals surface area contributed by atoms with Crippen molar-refractivity contribution < 1.29 is 4.39 Å². The molecule has 0 atom stereocenters. The molecular formula is C12H17BrClFN2. The standard InChI is InChI=1S/C12H17BrClFN2/c1-3-10(4-2)17(6-5-14)12-11(15)7-9(13)8-16-12/h7-8,10H,3-6H2,1-2H3. The molecule has 1 aromatic rings. The van der Waals surface area contributed by atoms with E-state index in [9.17, 15) is 4.39 Å². The lowest BCUT2D eigenvalue weighted by molar-refractivity contribution is 0.538. The van der Waals surface area contributed by atoms with Crippen molar-refractivity contribution >= 4 is 33.3 Å². The summed E-state index contributed by atoms with van der Waals surface area (Å²) in [5, 5.41) is 0. The van der Waals surface area contributed by atoms with Gasteiger partial charge in [0.15, 0.2) is 11.6 Å². The maximum Gasteiger partial charge on any atom is 0.166 e. The molecule has 96 valence electrons. The van der Waals surface area contributed by atoms with Crippen LogP contribution in [0.5, 0.6) is 0 Å². The lowest BCUT2D eigenvalue weighted by atomic mass is 10.1. The molecule has 0 N–H and O–H groups in total. The van der Waals surface area contributed by atoms with E-state index >= 15 is 0 Å². The van der Waals surface area contributed by atoms with E-state index in [-0.39, 0.29) is 11.9 Å². The van der Waals surface area contributed by atoms with Gasteiger partial charge in [-0.1, -0.05) is 13.8 Å². The number of halogens is 3. The van der Waals surface area contributed by atoms with Gasteiger partial charge in [0.2, 0.25) is 0 Å². The van der Waals surface area contributed by atoms with Crippen LogP contribution in [0.3, 0.4) is 0 Å². The SMILES string of the molecule is CCC(CC)N(CCCl)c1ncc(Br)cc1F. The number of anilines is 1. The van der Waals surface area contributed by atoms with Crippen molar-refractivity contribution in [2.45, 2.75) is 32.7 Å². The molecule has 0 saturated heterocycles. The third-order valence-electron chi connectivity index (χ3n) is 2.77. The van der Waals surface area contributed by atoms with E-state index in [0.717, 1.165) is 12.8 Å². The van der Waals surface area contributed by atoms with Crippen LogP contribution in [-0.2, 0) is 0 Å². The topological polar surface area (TPSA) is 16.1 Å². The minimum atomic E-state index is -0.309. The summed E-state index contributed by atoms with van der Waals surface area (Å²) in [7, 11) is 0.